The van der Waals surface area contributed by atoms with E-state index in [1.807, 2.05) is 27.7 Å². The second-order valence-electron chi connectivity index (χ2n) is 7.32. The van der Waals surface area contributed by atoms with Crippen LogP contribution < -0.4 is 0 Å². The van der Waals surface area contributed by atoms with Crippen LogP contribution in [0.25, 0.3) is 0 Å². The molecule has 1 aromatic carbocycles. The molecule has 0 unspecified atom stereocenters. The van der Waals surface area contributed by atoms with Crippen molar-refractivity contribution in [3.05, 3.63) is 27.8 Å². The van der Waals surface area contributed by atoms with Gasteiger partial charge in [-0.1, -0.05) is 0 Å². The number of nitrogens with zero attached hydrogens (tertiary/aromatic N) is 1. The normalized spacial score (nSPS) is 21.6. The number of hydrogen-bond donors (Lipinski definition) is 0. The number of sulfonamides is 1. The maximum atomic E-state index is 13.4. The third-order valence-electron chi connectivity index (χ3n) is 6.03. The Balaban J connectivity index is 1.91. The predicted octanol–water partition coefficient (Wildman–Crippen LogP) is 3.15. The van der Waals surface area contributed by atoms with E-state index in [9.17, 15) is 8.42 Å². The van der Waals surface area contributed by atoms with Gasteiger partial charge in [0.05, 0.1) is 18.1 Å². The van der Waals surface area contributed by atoms with Crippen LogP contribution in [0.5, 0.6) is 0 Å². The van der Waals surface area contributed by atoms with Gasteiger partial charge in [-0.05, 0) is 68.9 Å². The molecule has 2 aliphatic rings. The number of rotatable bonds is 2. The van der Waals surface area contributed by atoms with E-state index in [1.165, 1.54) is 5.56 Å². The Morgan fingerprint density at radius 1 is 0.800 bits per heavy atom. The van der Waals surface area contributed by atoms with Gasteiger partial charge < -0.3 is 9.47 Å². The quantitative estimate of drug-likeness (QED) is 0.806. The van der Waals surface area contributed by atoms with Gasteiger partial charge in [-0.3, -0.25) is 0 Å². The van der Waals surface area contributed by atoms with Crippen LogP contribution in [0, 0.1) is 34.6 Å². The first-order valence-corrected chi connectivity index (χ1v) is 10.5. The number of piperidine rings is 1. The van der Waals surface area contributed by atoms with Gasteiger partial charge >= 0.3 is 0 Å². The van der Waals surface area contributed by atoms with Crippen LogP contribution in [-0.4, -0.2) is 44.8 Å². The van der Waals surface area contributed by atoms with Crippen LogP contribution >= 0.6 is 0 Å². The average molecular weight is 368 g/mol. The third-order valence-corrected chi connectivity index (χ3v) is 8.21. The molecule has 1 aromatic rings. The lowest BCUT2D eigenvalue weighted by Crippen LogP contribution is -2.51. The molecule has 0 atom stereocenters. The lowest BCUT2D eigenvalue weighted by Gasteiger charge is -2.43. The highest BCUT2D eigenvalue weighted by Gasteiger charge is 2.42. The Kier molecular flexibility index (Phi) is 5.01. The Bertz CT molecular complexity index is 740. The van der Waals surface area contributed by atoms with E-state index in [-0.39, 0.29) is 0 Å². The molecule has 0 amide bonds. The van der Waals surface area contributed by atoms with Gasteiger partial charge in [0.15, 0.2) is 5.79 Å². The Hall–Kier alpha value is -0.950. The van der Waals surface area contributed by atoms with Crippen LogP contribution in [-0.2, 0) is 19.5 Å². The molecule has 3 rings (SSSR count). The highest BCUT2D eigenvalue weighted by Crippen LogP contribution is 2.36. The van der Waals surface area contributed by atoms with E-state index >= 15 is 0 Å². The molecule has 0 N–H and O–H groups in total. The van der Waals surface area contributed by atoms with Crippen LogP contribution in [0.3, 0.4) is 0 Å². The average Bonchev–Trinajstić information content (AvgIpc) is 2.59. The molecule has 2 saturated heterocycles. The summed E-state index contributed by atoms with van der Waals surface area (Å²) in [5.41, 5.74) is 5.04. The first-order chi connectivity index (χ1) is 11.7. The van der Waals surface area contributed by atoms with E-state index in [0.717, 1.165) is 28.7 Å². The molecule has 0 radical (unpaired) electrons. The summed E-state index contributed by atoms with van der Waals surface area (Å²) in [6.45, 7) is 12.2. The van der Waals surface area contributed by atoms with Crippen molar-refractivity contribution in [3.63, 3.8) is 0 Å². The Morgan fingerprint density at radius 3 is 1.72 bits per heavy atom. The second kappa shape index (κ2) is 6.65. The van der Waals surface area contributed by atoms with E-state index in [1.54, 1.807) is 4.31 Å². The van der Waals surface area contributed by atoms with Crippen molar-refractivity contribution in [3.8, 4) is 0 Å². The maximum absolute atomic E-state index is 13.4. The summed E-state index contributed by atoms with van der Waals surface area (Å²) in [7, 11) is -3.52. The SMILES string of the molecule is Cc1c(C)c(C)c(S(=O)(=O)N2CCC3(CC2)OCCCO3)c(C)c1C. The summed E-state index contributed by atoms with van der Waals surface area (Å²) < 4.78 is 40.0. The standard InChI is InChI=1S/C19H29NO4S/c1-13-14(2)16(4)18(17(5)15(13)3)25(21,22)20-9-7-19(8-10-20)23-11-6-12-24-19/h6-12H2,1-5H3. The summed E-state index contributed by atoms with van der Waals surface area (Å²) in [6, 6.07) is 0. The monoisotopic (exact) mass is 367 g/mol. The largest absolute Gasteiger partial charge is 0.350 e. The van der Waals surface area contributed by atoms with Gasteiger partial charge in [-0.25, -0.2) is 8.42 Å². The van der Waals surface area contributed by atoms with Crippen LogP contribution in [0.1, 0.15) is 47.1 Å². The summed E-state index contributed by atoms with van der Waals surface area (Å²) in [5, 5.41) is 0. The highest BCUT2D eigenvalue weighted by atomic mass is 32.2. The number of hydrogen-bond acceptors (Lipinski definition) is 4. The van der Waals surface area contributed by atoms with Crippen molar-refractivity contribution in [2.24, 2.45) is 0 Å². The summed E-state index contributed by atoms with van der Waals surface area (Å²) in [4.78, 5) is 0.481. The van der Waals surface area contributed by atoms with Crippen molar-refractivity contribution in [2.45, 2.75) is 64.6 Å². The summed E-state index contributed by atoms with van der Waals surface area (Å²) >= 11 is 0. The molecule has 6 heteroatoms. The molecule has 0 saturated carbocycles. The number of ether oxygens (including phenoxy) is 2. The lowest BCUT2D eigenvalue weighted by molar-refractivity contribution is -0.280. The van der Waals surface area contributed by atoms with Gasteiger partial charge in [-0.2, -0.15) is 4.31 Å². The van der Waals surface area contributed by atoms with Crippen molar-refractivity contribution in [1.82, 2.24) is 4.31 Å². The fourth-order valence-electron chi connectivity index (χ4n) is 3.95. The molecule has 2 fully saturated rings. The van der Waals surface area contributed by atoms with Crippen molar-refractivity contribution < 1.29 is 17.9 Å². The van der Waals surface area contributed by atoms with Gasteiger partial charge in [0.2, 0.25) is 10.0 Å². The molecule has 5 nitrogen and oxygen atoms in total. The fraction of sp³-hybridized carbons (Fsp3) is 0.684. The lowest BCUT2D eigenvalue weighted by atomic mass is 9.95. The Morgan fingerprint density at radius 2 is 1.24 bits per heavy atom. The molecular weight excluding hydrogens is 338 g/mol. The Labute approximate surface area is 151 Å². The van der Waals surface area contributed by atoms with Crippen molar-refractivity contribution in [1.29, 1.82) is 0 Å². The van der Waals surface area contributed by atoms with Gasteiger partial charge in [-0.15, -0.1) is 0 Å². The minimum atomic E-state index is -3.52. The first-order valence-electron chi connectivity index (χ1n) is 9.05. The molecule has 140 valence electrons. The zero-order valence-electron chi connectivity index (χ0n) is 15.9. The molecule has 25 heavy (non-hydrogen) atoms. The molecule has 0 aliphatic carbocycles. The second-order valence-corrected chi connectivity index (χ2v) is 9.19. The molecular formula is C19H29NO4S. The third kappa shape index (κ3) is 3.14. The molecule has 1 spiro atoms. The molecule has 0 aromatic heterocycles. The van der Waals surface area contributed by atoms with Gasteiger partial charge in [0.25, 0.3) is 0 Å². The van der Waals surface area contributed by atoms with Crippen molar-refractivity contribution in [2.75, 3.05) is 26.3 Å². The highest BCUT2D eigenvalue weighted by molar-refractivity contribution is 7.89. The predicted molar refractivity (Wildman–Crippen MR) is 97.4 cm³/mol. The fourth-order valence-corrected chi connectivity index (χ4v) is 5.96. The smallest absolute Gasteiger partial charge is 0.243 e. The molecule has 2 heterocycles. The van der Waals surface area contributed by atoms with E-state index in [4.69, 9.17) is 9.47 Å². The topological polar surface area (TPSA) is 55.8 Å². The van der Waals surface area contributed by atoms with Gasteiger partial charge in [0, 0.05) is 25.9 Å². The molecule has 2 aliphatic heterocycles. The van der Waals surface area contributed by atoms with E-state index in [0.29, 0.717) is 44.0 Å². The van der Waals surface area contributed by atoms with Crippen LogP contribution in [0.15, 0.2) is 4.90 Å². The molecule has 0 bridgehead atoms. The van der Waals surface area contributed by atoms with E-state index < -0.39 is 15.8 Å². The van der Waals surface area contributed by atoms with Crippen molar-refractivity contribution >= 4 is 10.0 Å². The zero-order chi connectivity index (χ0) is 18.4. The maximum Gasteiger partial charge on any atom is 0.243 e. The van der Waals surface area contributed by atoms with Crippen LogP contribution in [0.4, 0.5) is 0 Å². The minimum Gasteiger partial charge on any atom is -0.350 e. The summed E-state index contributed by atoms with van der Waals surface area (Å²) in [5.74, 6) is -0.576. The first kappa shape index (κ1) is 18.8. The minimum absolute atomic E-state index is 0.438. The number of benzene rings is 1. The van der Waals surface area contributed by atoms with E-state index in [2.05, 4.69) is 6.92 Å². The van der Waals surface area contributed by atoms with Crippen LogP contribution in [0.2, 0.25) is 0 Å². The zero-order valence-corrected chi connectivity index (χ0v) is 16.8. The summed E-state index contributed by atoms with van der Waals surface area (Å²) in [6.07, 6.45) is 2.09. The van der Waals surface area contributed by atoms with Gasteiger partial charge in [0.1, 0.15) is 0 Å².